The zero-order chi connectivity index (χ0) is 17.7. The molecule has 0 unspecified atom stereocenters. The van der Waals surface area contributed by atoms with Gasteiger partial charge in [-0.3, -0.25) is 0 Å². The molecule has 0 radical (unpaired) electrons. The van der Waals surface area contributed by atoms with Crippen molar-refractivity contribution in [3.8, 4) is 0 Å². The van der Waals surface area contributed by atoms with Gasteiger partial charge in [-0.1, -0.05) is 26.0 Å². The van der Waals surface area contributed by atoms with E-state index in [1.807, 2.05) is 29.2 Å². The van der Waals surface area contributed by atoms with Crippen molar-refractivity contribution in [2.45, 2.75) is 47.1 Å². The average Bonchev–Trinajstić information content (AvgIpc) is 3.05. The van der Waals surface area contributed by atoms with Gasteiger partial charge in [0.15, 0.2) is 0 Å². The number of nitrogens with one attached hydrogen (secondary N) is 1. The monoisotopic (exact) mass is 344 g/mol. The predicted octanol–water partition coefficient (Wildman–Crippen LogP) is 6.01. The second-order valence-electron chi connectivity index (χ2n) is 6.80. The van der Waals surface area contributed by atoms with Crippen LogP contribution in [0.1, 0.15) is 49.2 Å². The smallest absolute Gasteiger partial charge is 0.317 e. The fourth-order valence-electron chi connectivity index (χ4n) is 2.57. The van der Waals surface area contributed by atoms with Gasteiger partial charge >= 0.3 is 6.03 Å². The third-order valence-electron chi connectivity index (χ3n) is 4.39. The van der Waals surface area contributed by atoms with E-state index in [1.54, 1.807) is 11.3 Å². The maximum absolute atomic E-state index is 12.9. The Labute approximate surface area is 149 Å². The Hall–Kier alpha value is -1.81. The van der Waals surface area contributed by atoms with Crippen LogP contribution in [0.25, 0.3) is 0 Å². The summed E-state index contributed by atoms with van der Waals surface area (Å²) in [7, 11) is 0. The van der Waals surface area contributed by atoms with Gasteiger partial charge in [0.1, 0.15) is 0 Å². The number of hydrogen-bond acceptors (Lipinski definition) is 2. The highest BCUT2D eigenvalue weighted by atomic mass is 32.1. The first-order chi connectivity index (χ1) is 11.4. The Bertz CT molecular complexity index is 664. The lowest BCUT2D eigenvalue weighted by atomic mass is 10.1. The molecule has 0 spiro atoms. The number of benzene rings is 1. The van der Waals surface area contributed by atoms with E-state index in [0.717, 1.165) is 18.7 Å². The van der Waals surface area contributed by atoms with Gasteiger partial charge in [0.25, 0.3) is 0 Å². The third kappa shape index (κ3) is 4.84. The van der Waals surface area contributed by atoms with E-state index in [2.05, 4.69) is 51.4 Å². The highest BCUT2D eigenvalue weighted by molar-refractivity contribution is 7.10. The van der Waals surface area contributed by atoms with E-state index >= 15 is 0 Å². The molecule has 2 aromatic rings. The van der Waals surface area contributed by atoms with Crippen molar-refractivity contribution in [2.24, 2.45) is 5.92 Å². The summed E-state index contributed by atoms with van der Waals surface area (Å²) in [5.74, 6) is 0.567. The summed E-state index contributed by atoms with van der Waals surface area (Å²) in [6, 6.07) is 10.2. The highest BCUT2D eigenvalue weighted by Crippen LogP contribution is 2.26. The largest absolute Gasteiger partial charge is 0.322 e. The van der Waals surface area contributed by atoms with Crippen LogP contribution in [0, 0.1) is 19.8 Å². The standard InChI is InChI=1S/C20H28N2OS/c1-14(2)10-11-22(17(5)19-7-6-12-24-19)20(23)21-18-9-8-15(3)16(4)13-18/h6-9,12-14,17H,10-11H2,1-5H3,(H,21,23)/t17-/m0/s1. The second kappa shape index (κ2) is 8.34. The maximum atomic E-state index is 12.9. The van der Waals surface area contributed by atoms with Gasteiger partial charge in [-0.15, -0.1) is 11.3 Å². The average molecular weight is 345 g/mol. The summed E-state index contributed by atoms with van der Waals surface area (Å²) in [5.41, 5.74) is 3.28. The molecule has 0 saturated heterocycles. The lowest BCUT2D eigenvalue weighted by molar-refractivity contribution is 0.190. The van der Waals surface area contributed by atoms with Gasteiger partial charge in [-0.05, 0) is 67.8 Å². The Morgan fingerprint density at radius 3 is 2.50 bits per heavy atom. The van der Waals surface area contributed by atoms with E-state index in [0.29, 0.717) is 5.92 Å². The number of carbonyl (C=O) groups is 1. The second-order valence-corrected chi connectivity index (χ2v) is 7.78. The summed E-state index contributed by atoms with van der Waals surface area (Å²) < 4.78 is 0. The van der Waals surface area contributed by atoms with Crippen molar-refractivity contribution < 1.29 is 4.79 Å². The third-order valence-corrected chi connectivity index (χ3v) is 5.43. The molecular formula is C20H28N2OS. The molecule has 0 aliphatic carbocycles. The van der Waals surface area contributed by atoms with Gasteiger partial charge in [0.05, 0.1) is 6.04 Å². The molecule has 2 rings (SSSR count). The Morgan fingerprint density at radius 2 is 1.92 bits per heavy atom. The first kappa shape index (κ1) is 18.5. The predicted molar refractivity (Wildman–Crippen MR) is 104 cm³/mol. The number of carbonyl (C=O) groups excluding carboxylic acids is 1. The van der Waals surface area contributed by atoms with E-state index in [-0.39, 0.29) is 12.1 Å². The summed E-state index contributed by atoms with van der Waals surface area (Å²) in [5, 5.41) is 5.13. The normalized spacial score (nSPS) is 12.2. The fourth-order valence-corrected chi connectivity index (χ4v) is 3.36. The molecule has 0 saturated carbocycles. The molecule has 24 heavy (non-hydrogen) atoms. The number of thiophene rings is 1. The topological polar surface area (TPSA) is 32.3 Å². The van der Waals surface area contributed by atoms with E-state index in [1.165, 1.54) is 16.0 Å². The zero-order valence-corrected chi connectivity index (χ0v) is 16.1. The van der Waals surface area contributed by atoms with Crippen molar-refractivity contribution in [1.82, 2.24) is 4.90 Å². The van der Waals surface area contributed by atoms with Crippen molar-refractivity contribution >= 4 is 23.1 Å². The van der Waals surface area contributed by atoms with Crippen LogP contribution in [0.2, 0.25) is 0 Å². The molecule has 4 heteroatoms. The van der Waals surface area contributed by atoms with Gasteiger partial charge in [0.2, 0.25) is 0 Å². The molecule has 2 amide bonds. The summed E-state index contributed by atoms with van der Waals surface area (Å²) in [6.45, 7) is 11.4. The van der Waals surface area contributed by atoms with Crippen LogP contribution in [-0.4, -0.2) is 17.5 Å². The van der Waals surface area contributed by atoms with Crippen molar-refractivity contribution in [3.63, 3.8) is 0 Å². The minimum Gasteiger partial charge on any atom is -0.317 e. The van der Waals surface area contributed by atoms with Crippen LogP contribution in [-0.2, 0) is 0 Å². The SMILES string of the molecule is Cc1ccc(NC(=O)N(CCC(C)C)[C@@H](C)c2cccs2)cc1C. The van der Waals surface area contributed by atoms with Crippen molar-refractivity contribution in [2.75, 3.05) is 11.9 Å². The van der Waals surface area contributed by atoms with E-state index in [4.69, 9.17) is 0 Å². The lowest BCUT2D eigenvalue weighted by Gasteiger charge is -2.29. The number of rotatable bonds is 6. The van der Waals surface area contributed by atoms with Crippen molar-refractivity contribution in [1.29, 1.82) is 0 Å². The maximum Gasteiger partial charge on any atom is 0.322 e. The van der Waals surface area contributed by atoms with Crippen LogP contribution >= 0.6 is 11.3 Å². The van der Waals surface area contributed by atoms with Crippen molar-refractivity contribution in [3.05, 3.63) is 51.7 Å². The number of nitrogens with zero attached hydrogens (tertiary/aromatic N) is 1. The quantitative estimate of drug-likeness (QED) is 0.684. The molecule has 0 fully saturated rings. The number of aryl methyl sites for hydroxylation is 2. The van der Waals surface area contributed by atoms with Gasteiger partial charge < -0.3 is 10.2 Å². The molecule has 130 valence electrons. The van der Waals surface area contributed by atoms with Gasteiger partial charge in [-0.2, -0.15) is 0 Å². The lowest BCUT2D eigenvalue weighted by Crippen LogP contribution is -2.38. The Morgan fingerprint density at radius 1 is 1.17 bits per heavy atom. The molecule has 1 atom stereocenters. The molecule has 0 aliphatic rings. The van der Waals surface area contributed by atoms with E-state index in [9.17, 15) is 4.79 Å². The first-order valence-electron chi connectivity index (χ1n) is 8.56. The van der Waals surface area contributed by atoms with Gasteiger partial charge in [0, 0.05) is 17.1 Å². The van der Waals surface area contributed by atoms with Crippen LogP contribution in [0.5, 0.6) is 0 Å². The van der Waals surface area contributed by atoms with Crippen LogP contribution in [0.3, 0.4) is 0 Å². The number of hydrogen-bond donors (Lipinski definition) is 1. The summed E-state index contributed by atoms with van der Waals surface area (Å²) >= 11 is 1.70. The van der Waals surface area contributed by atoms with Crippen LogP contribution in [0.4, 0.5) is 10.5 Å². The first-order valence-corrected chi connectivity index (χ1v) is 9.44. The molecule has 3 nitrogen and oxygen atoms in total. The molecule has 1 aromatic heterocycles. The van der Waals surface area contributed by atoms with Gasteiger partial charge in [-0.25, -0.2) is 4.79 Å². The fraction of sp³-hybridized carbons (Fsp3) is 0.450. The molecule has 0 aliphatic heterocycles. The minimum absolute atomic E-state index is 0.0280. The van der Waals surface area contributed by atoms with Crippen LogP contribution in [0.15, 0.2) is 35.7 Å². The molecule has 1 aromatic carbocycles. The number of urea groups is 1. The summed E-state index contributed by atoms with van der Waals surface area (Å²) in [6.07, 6.45) is 0.996. The minimum atomic E-state index is -0.0280. The Balaban J connectivity index is 2.15. The highest BCUT2D eigenvalue weighted by Gasteiger charge is 2.22. The molecular weight excluding hydrogens is 316 g/mol. The molecule has 0 bridgehead atoms. The summed E-state index contributed by atoms with van der Waals surface area (Å²) in [4.78, 5) is 16.0. The zero-order valence-electron chi connectivity index (χ0n) is 15.3. The number of amides is 2. The number of anilines is 1. The Kier molecular flexibility index (Phi) is 6.44. The van der Waals surface area contributed by atoms with E-state index < -0.39 is 0 Å². The molecule has 1 N–H and O–H groups in total. The molecule has 1 heterocycles. The van der Waals surface area contributed by atoms with Crippen LogP contribution < -0.4 is 5.32 Å².